The van der Waals surface area contributed by atoms with Gasteiger partial charge in [0.2, 0.25) is 0 Å². The molecule has 0 saturated heterocycles. The molecule has 1 amide bonds. The van der Waals surface area contributed by atoms with Gasteiger partial charge in [0.25, 0.3) is 5.91 Å². The minimum absolute atomic E-state index is 0.211. The van der Waals surface area contributed by atoms with Crippen LogP contribution < -0.4 is 10.6 Å². The van der Waals surface area contributed by atoms with Crippen molar-refractivity contribution in [3.8, 4) is 12.3 Å². The van der Waals surface area contributed by atoms with Gasteiger partial charge in [0.15, 0.2) is 0 Å². The highest BCUT2D eigenvalue weighted by Gasteiger charge is 2.04. The van der Waals surface area contributed by atoms with Crippen LogP contribution in [0, 0.1) is 12.3 Å². The average Bonchev–Trinajstić information content (AvgIpc) is 2.58. The number of terminal acetylenes is 1. The first-order valence-corrected chi connectivity index (χ1v) is 6.93. The normalized spacial score (nSPS) is 10.1. The molecule has 0 bridgehead atoms. The Labute approximate surface area is 130 Å². The second-order valence-electron chi connectivity index (χ2n) is 4.51. The van der Waals surface area contributed by atoms with E-state index in [4.69, 9.17) is 6.42 Å². The van der Waals surface area contributed by atoms with Gasteiger partial charge >= 0.3 is 0 Å². The molecule has 0 aliphatic rings. The van der Waals surface area contributed by atoms with Crippen LogP contribution >= 0.6 is 0 Å². The number of pyridine rings is 1. The quantitative estimate of drug-likeness (QED) is 0.804. The van der Waals surface area contributed by atoms with Crippen LogP contribution in [0.4, 0.5) is 5.82 Å². The second kappa shape index (κ2) is 8.28. The molecule has 0 saturated carbocycles. The van der Waals surface area contributed by atoms with Crippen molar-refractivity contribution in [2.24, 2.45) is 0 Å². The summed E-state index contributed by atoms with van der Waals surface area (Å²) in [5.74, 6) is 2.85. The summed E-state index contributed by atoms with van der Waals surface area (Å²) in [7, 11) is 0. The highest BCUT2D eigenvalue weighted by Crippen LogP contribution is 2.05. The van der Waals surface area contributed by atoms with Crippen molar-refractivity contribution in [2.75, 3.05) is 18.4 Å². The molecule has 2 aromatic rings. The molecule has 0 radical (unpaired) electrons. The standard InChI is InChI=1S/C18H17N3O/c1-2-12-20-18(22)16-10-11-17(21-14-16)19-13-6-9-15-7-4-3-5-8-15/h1,3-11,14H,12-13H2,(H,19,21)(H,20,22)/b9-6+. The predicted molar refractivity (Wildman–Crippen MR) is 89.4 cm³/mol. The molecule has 2 N–H and O–H groups in total. The van der Waals surface area contributed by atoms with Gasteiger partial charge in [-0.1, -0.05) is 48.4 Å². The van der Waals surface area contributed by atoms with Crippen LogP contribution in [0.1, 0.15) is 15.9 Å². The number of nitrogens with zero attached hydrogens (tertiary/aromatic N) is 1. The van der Waals surface area contributed by atoms with Crippen molar-refractivity contribution in [3.05, 3.63) is 65.9 Å². The van der Waals surface area contributed by atoms with E-state index in [0.29, 0.717) is 17.9 Å². The Morgan fingerprint density at radius 1 is 1.23 bits per heavy atom. The van der Waals surface area contributed by atoms with Crippen LogP contribution in [-0.2, 0) is 0 Å². The number of hydrogen-bond acceptors (Lipinski definition) is 3. The lowest BCUT2D eigenvalue weighted by Crippen LogP contribution is -2.23. The van der Waals surface area contributed by atoms with E-state index in [-0.39, 0.29) is 12.5 Å². The van der Waals surface area contributed by atoms with Crippen molar-refractivity contribution in [2.45, 2.75) is 0 Å². The minimum Gasteiger partial charge on any atom is -0.367 e. The fraction of sp³-hybridized carbons (Fsp3) is 0.111. The van der Waals surface area contributed by atoms with Crippen molar-refractivity contribution in [1.82, 2.24) is 10.3 Å². The zero-order valence-corrected chi connectivity index (χ0v) is 12.1. The van der Waals surface area contributed by atoms with E-state index in [1.165, 1.54) is 6.20 Å². The average molecular weight is 291 g/mol. The molecule has 1 aromatic carbocycles. The zero-order valence-electron chi connectivity index (χ0n) is 12.1. The monoisotopic (exact) mass is 291 g/mol. The van der Waals surface area contributed by atoms with Gasteiger partial charge < -0.3 is 10.6 Å². The summed E-state index contributed by atoms with van der Waals surface area (Å²) in [5, 5.41) is 5.75. The summed E-state index contributed by atoms with van der Waals surface area (Å²) in [6, 6.07) is 13.5. The van der Waals surface area contributed by atoms with Gasteiger partial charge in [-0.25, -0.2) is 4.98 Å². The number of amides is 1. The smallest absolute Gasteiger partial charge is 0.253 e. The lowest BCUT2D eigenvalue weighted by molar-refractivity contribution is 0.0958. The van der Waals surface area contributed by atoms with Crippen molar-refractivity contribution in [3.63, 3.8) is 0 Å². The first-order chi connectivity index (χ1) is 10.8. The molecule has 0 atom stereocenters. The number of aromatic nitrogens is 1. The molecule has 1 aromatic heterocycles. The summed E-state index contributed by atoms with van der Waals surface area (Å²) in [4.78, 5) is 15.8. The Bertz CT molecular complexity index is 670. The van der Waals surface area contributed by atoms with Crippen LogP contribution in [0.15, 0.2) is 54.7 Å². The highest BCUT2D eigenvalue weighted by atomic mass is 16.1. The molecule has 0 unspecified atom stereocenters. The Balaban J connectivity index is 1.83. The van der Waals surface area contributed by atoms with Crippen LogP contribution in [0.3, 0.4) is 0 Å². The van der Waals surface area contributed by atoms with Crippen LogP contribution in [0.5, 0.6) is 0 Å². The second-order valence-corrected chi connectivity index (χ2v) is 4.51. The molecule has 4 heteroatoms. The number of nitrogens with one attached hydrogen (secondary N) is 2. The number of benzene rings is 1. The fourth-order valence-electron chi connectivity index (χ4n) is 1.79. The van der Waals surface area contributed by atoms with Gasteiger partial charge in [0.1, 0.15) is 5.82 Å². The predicted octanol–water partition coefficient (Wildman–Crippen LogP) is 2.57. The van der Waals surface area contributed by atoms with Crippen molar-refractivity contribution in [1.29, 1.82) is 0 Å². The Morgan fingerprint density at radius 2 is 2.05 bits per heavy atom. The number of hydrogen-bond donors (Lipinski definition) is 2. The molecule has 22 heavy (non-hydrogen) atoms. The van der Waals surface area contributed by atoms with Gasteiger partial charge in [-0.3, -0.25) is 4.79 Å². The van der Waals surface area contributed by atoms with E-state index in [1.54, 1.807) is 12.1 Å². The van der Waals surface area contributed by atoms with E-state index in [2.05, 4.69) is 21.5 Å². The largest absolute Gasteiger partial charge is 0.367 e. The molecule has 2 rings (SSSR count). The highest BCUT2D eigenvalue weighted by molar-refractivity contribution is 5.94. The van der Waals surface area contributed by atoms with E-state index in [9.17, 15) is 4.79 Å². The minimum atomic E-state index is -0.221. The van der Waals surface area contributed by atoms with Crippen molar-refractivity contribution < 1.29 is 4.79 Å². The van der Waals surface area contributed by atoms with E-state index >= 15 is 0 Å². The Hall–Kier alpha value is -3.06. The molecular weight excluding hydrogens is 274 g/mol. The van der Waals surface area contributed by atoms with E-state index < -0.39 is 0 Å². The van der Waals surface area contributed by atoms with Gasteiger partial charge in [-0.05, 0) is 17.7 Å². The Kier molecular flexibility index (Phi) is 5.77. The third-order valence-electron chi connectivity index (χ3n) is 2.89. The van der Waals surface area contributed by atoms with Crippen LogP contribution in [-0.4, -0.2) is 24.0 Å². The maximum atomic E-state index is 11.7. The number of anilines is 1. The summed E-state index contributed by atoms with van der Waals surface area (Å²) in [6.45, 7) is 0.869. The van der Waals surface area contributed by atoms with E-state index in [1.807, 2.05) is 42.5 Å². The van der Waals surface area contributed by atoms with Crippen molar-refractivity contribution >= 4 is 17.8 Å². The molecule has 0 aliphatic carbocycles. The fourth-order valence-corrected chi connectivity index (χ4v) is 1.79. The zero-order chi connectivity index (χ0) is 15.6. The lowest BCUT2D eigenvalue weighted by Gasteiger charge is -2.04. The number of carbonyl (C=O) groups excluding carboxylic acids is 1. The first-order valence-electron chi connectivity index (χ1n) is 6.93. The van der Waals surface area contributed by atoms with Gasteiger partial charge in [0, 0.05) is 12.7 Å². The van der Waals surface area contributed by atoms with Gasteiger partial charge in [0.05, 0.1) is 12.1 Å². The maximum Gasteiger partial charge on any atom is 0.253 e. The topological polar surface area (TPSA) is 54.0 Å². The lowest BCUT2D eigenvalue weighted by atomic mass is 10.2. The van der Waals surface area contributed by atoms with Crippen LogP contribution in [0.2, 0.25) is 0 Å². The molecule has 0 fully saturated rings. The molecule has 110 valence electrons. The third kappa shape index (κ3) is 4.80. The maximum absolute atomic E-state index is 11.7. The van der Waals surface area contributed by atoms with Gasteiger partial charge in [-0.15, -0.1) is 6.42 Å². The molecule has 0 aliphatic heterocycles. The van der Waals surface area contributed by atoms with Crippen LogP contribution in [0.25, 0.3) is 6.08 Å². The number of rotatable bonds is 6. The molecule has 1 heterocycles. The van der Waals surface area contributed by atoms with E-state index in [0.717, 1.165) is 5.56 Å². The first kappa shape index (κ1) is 15.3. The summed E-state index contributed by atoms with van der Waals surface area (Å²) in [5.41, 5.74) is 1.64. The Morgan fingerprint density at radius 3 is 2.73 bits per heavy atom. The van der Waals surface area contributed by atoms with Gasteiger partial charge in [-0.2, -0.15) is 0 Å². The summed E-state index contributed by atoms with van der Waals surface area (Å²) < 4.78 is 0. The SMILES string of the molecule is C#CCNC(=O)c1ccc(NC/C=C/c2ccccc2)nc1. The number of carbonyl (C=O) groups is 1. The molecule has 4 nitrogen and oxygen atoms in total. The molecular formula is C18H17N3O. The molecule has 0 spiro atoms. The summed E-state index contributed by atoms with van der Waals surface area (Å²) >= 11 is 0. The summed E-state index contributed by atoms with van der Waals surface area (Å²) in [6.07, 6.45) is 10.7. The third-order valence-corrected chi connectivity index (χ3v) is 2.89.